The fourth-order valence-corrected chi connectivity index (χ4v) is 3.35. The summed E-state index contributed by atoms with van der Waals surface area (Å²) in [5.74, 6) is -0.316. The summed E-state index contributed by atoms with van der Waals surface area (Å²) in [4.78, 5) is 17.5. The molecule has 4 rings (SSSR count). The summed E-state index contributed by atoms with van der Waals surface area (Å²) in [6.07, 6.45) is -4.36. The summed E-state index contributed by atoms with van der Waals surface area (Å²) in [7, 11) is 0. The summed E-state index contributed by atoms with van der Waals surface area (Å²) in [5.41, 5.74) is 4.07. The maximum absolute atomic E-state index is 13.0. The third-order valence-electron chi connectivity index (χ3n) is 4.94. The van der Waals surface area contributed by atoms with Crippen LogP contribution in [0.3, 0.4) is 0 Å². The third-order valence-corrected chi connectivity index (χ3v) is 4.94. The lowest BCUT2D eigenvalue weighted by Gasteiger charge is -2.10. The van der Waals surface area contributed by atoms with Gasteiger partial charge in [0.1, 0.15) is 6.61 Å². The lowest BCUT2D eigenvalue weighted by molar-refractivity contribution is -0.176. The smallest absolute Gasteiger partial charge is 0.367 e. The third kappa shape index (κ3) is 5.56. The van der Waals surface area contributed by atoms with Gasteiger partial charge in [0.15, 0.2) is 0 Å². The van der Waals surface area contributed by atoms with Crippen molar-refractivity contribution in [3.8, 4) is 11.3 Å². The van der Waals surface area contributed by atoms with E-state index >= 15 is 0 Å². The topological polar surface area (TPSA) is 77.2 Å². The van der Waals surface area contributed by atoms with Crippen LogP contribution in [0, 0.1) is 6.92 Å². The maximum atomic E-state index is 13.0. The minimum absolute atomic E-state index is 0.143. The van der Waals surface area contributed by atoms with Crippen molar-refractivity contribution < 1.29 is 27.2 Å². The van der Waals surface area contributed by atoms with Crippen molar-refractivity contribution in [2.75, 3.05) is 6.61 Å². The lowest BCUT2D eigenvalue weighted by atomic mass is 10.0. The Morgan fingerprint density at radius 2 is 1.76 bits per heavy atom. The number of aromatic nitrogens is 2. The van der Waals surface area contributed by atoms with Crippen LogP contribution in [0.25, 0.3) is 22.4 Å². The van der Waals surface area contributed by atoms with Gasteiger partial charge >= 0.3 is 6.18 Å². The second-order valence-electron chi connectivity index (χ2n) is 7.48. The van der Waals surface area contributed by atoms with Crippen molar-refractivity contribution in [3.63, 3.8) is 0 Å². The minimum atomic E-state index is -4.36. The highest BCUT2D eigenvalue weighted by Crippen LogP contribution is 2.27. The van der Waals surface area contributed by atoms with Gasteiger partial charge in [-0.2, -0.15) is 13.2 Å². The number of carbonyl (C=O) groups excluding carboxylic acids is 1. The van der Waals surface area contributed by atoms with Gasteiger partial charge in [-0.05, 0) is 24.1 Å². The van der Waals surface area contributed by atoms with E-state index in [0.29, 0.717) is 27.9 Å². The zero-order valence-electron chi connectivity index (χ0n) is 17.6. The summed E-state index contributed by atoms with van der Waals surface area (Å²) >= 11 is 0. The molecule has 2 aromatic carbocycles. The Balaban J connectivity index is 1.47. The zero-order chi connectivity index (χ0) is 23.4. The second-order valence-corrected chi connectivity index (χ2v) is 7.48. The molecule has 0 fully saturated rings. The largest absolute Gasteiger partial charge is 0.411 e. The molecule has 0 bridgehead atoms. The predicted octanol–water partition coefficient (Wildman–Crippen LogP) is 5.21. The molecule has 2 heterocycles. The van der Waals surface area contributed by atoms with E-state index in [0.717, 1.165) is 11.1 Å². The second kappa shape index (κ2) is 9.41. The highest BCUT2D eigenvalue weighted by atomic mass is 19.4. The normalized spacial score (nSPS) is 11.6. The number of pyridine rings is 1. The summed E-state index contributed by atoms with van der Waals surface area (Å²) < 4.78 is 46.5. The van der Waals surface area contributed by atoms with Crippen molar-refractivity contribution in [3.05, 3.63) is 83.0 Å². The number of aryl methyl sites for hydroxylation is 1. The van der Waals surface area contributed by atoms with Gasteiger partial charge in [0.05, 0.1) is 28.9 Å². The zero-order valence-corrected chi connectivity index (χ0v) is 17.6. The van der Waals surface area contributed by atoms with Gasteiger partial charge in [0, 0.05) is 12.1 Å². The molecule has 0 aliphatic heterocycles. The molecule has 1 amide bonds. The van der Waals surface area contributed by atoms with Crippen LogP contribution in [0.1, 0.15) is 27.2 Å². The summed E-state index contributed by atoms with van der Waals surface area (Å²) in [5, 5.41) is 7.36. The average Bonchev–Trinajstić information content (AvgIpc) is 3.18. The fraction of sp³-hybridized carbons (Fsp3) is 0.208. The highest BCUT2D eigenvalue weighted by Gasteiger charge is 2.27. The fourth-order valence-electron chi connectivity index (χ4n) is 3.35. The molecule has 2 aromatic heterocycles. The van der Waals surface area contributed by atoms with E-state index in [-0.39, 0.29) is 24.8 Å². The van der Waals surface area contributed by atoms with Gasteiger partial charge in [-0.15, -0.1) is 0 Å². The molecule has 0 saturated heterocycles. The molecule has 0 saturated carbocycles. The van der Waals surface area contributed by atoms with Crippen LogP contribution < -0.4 is 5.32 Å². The minimum Gasteiger partial charge on any atom is -0.367 e. The molecule has 0 radical (unpaired) electrons. The SMILES string of the molecule is Cc1noc2nc(-c3ccccc3)cc(C(=O)NCc3ccc(COCC(F)(F)F)cc3)c12. The number of benzene rings is 2. The predicted molar refractivity (Wildman–Crippen MR) is 115 cm³/mol. The number of halogens is 3. The molecule has 0 atom stereocenters. The highest BCUT2D eigenvalue weighted by molar-refractivity contribution is 6.06. The number of ether oxygens (including phenoxy) is 1. The van der Waals surface area contributed by atoms with Gasteiger partial charge in [-0.3, -0.25) is 4.79 Å². The van der Waals surface area contributed by atoms with Gasteiger partial charge in [0.25, 0.3) is 11.6 Å². The molecule has 9 heteroatoms. The Hall–Kier alpha value is -3.72. The van der Waals surface area contributed by atoms with Gasteiger partial charge in [-0.1, -0.05) is 59.8 Å². The first-order chi connectivity index (χ1) is 15.8. The first-order valence-corrected chi connectivity index (χ1v) is 10.1. The van der Waals surface area contributed by atoms with Crippen molar-refractivity contribution in [1.29, 1.82) is 0 Å². The quantitative estimate of drug-likeness (QED) is 0.414. The van der Waals surface area contributed by atoms with Crippen molar-refractivity contribution in [1.82, 2.24) is 15.5 Å². The Kier molecular flexibility index (Phi) is 6.41. The molecule has 0 aliphatic rings. The number of hydrogen-bond acceptors (Lipinski definition) is 5. The van der Waals surface area contributed by atoms with Crippen LogP contribution in [-0.4, -0.2) is 28.8 Å². The van der Waals surface area contributed by atoms with Crippen molar-refractivity contribution >= 4 is 17.0 Å². The number of alkyl halides is 3. The van der Waals surface area contributed by atoms with E-state index in [1.807, 2.05) is 30.3 Å². The molecule has 0 aliphatic carbocycles. The molecule has 0 spiro atoms. The van der Waals surface area contributed by atoms with E-state index in [1.54, 1.807) is 37.3 Å². The van der Waals surface area contributed by atoms with E-state index in [1.165, 1.54) is 0 Å². The number of hydrogen-bond donors (Lipinski definition) is 1. The molecule has 170 valence electrons. The maximum Gasteiger partial charge on any atom is 0.411 e. The van der Waals surface area contributed by atoms with Gasteiger partial charge in [0.2, 0.25) is 0 Å². The van der Waals surface area contributed by atoms with Gasteiger partial charge < -0.3 is 14.6 Å². The van der Waals surface area contributed by atoms with Crippen LogP contribution in [0.4, 0.5) is 13.2 Å². The first kappa shape index (κ1) is 22.5. The Labute approximate surface area is 187 Å². The van der Waals surface area contributed by atoms with Crippen molar-refractivity contribution in [2.24, 2.45) is 0 Å². The number of rotatable bonds is 7. The molecule has 6 nitrogen and oxygen atoms in total. The molecular formula is C24H20F3N3O3. The molecule has 33 heavy (non-hydrogen) atoms. The van der Waals surface area contributed by atoms with E-state index in [9.17, 15) is 18.0 Å². The number of fused-ring (bicyclic) bond motifs is 1. The summed E-state index contributed by atoms with van der Waals surface area (Å²) in [6.45, 7) is 0.540. The molecule has 0 unspecified atom stereocenters. The summed E-state index contributed by atoms with van der Waals surface area (Å²) in [6, 6.07) is 17.9. The van der Waals surface area contributed by atoms with E-state index < -0.39 is 12.8 Å². The standard InChI is InChI=1S/C24H20F3N3O3/c1-15-21-19(11-20(29-23(21)33-30-15)18-5-3-2-4-6-18)22(31)28-12-16-7-9-17(10-8-16)13-32-14-24(25,26)27/h2-11H,12-14H2,1H3,(H,28,31). The van der Waals surface area contributed by atoms with Crippen LogP contribution in [0.2, 0.25) is 0 Å². The Morgan fingerprint density at radius 3 is 2.45 bits per heavy atom. The molecule has 1 N–H and O–H groups in total. The number of nitrogens with one attached hydrogen (secondary N) is 1. The van der Waals surface area contributed by atoms with E-state index in [4.69, 9.17) is 4.52 Å². The Morgan fingerprint density at radius 1 is 1.06 bits per heavy atom. The van der Waals surface area contributed by atoms with Crippen molar-refractivity contribution in [2.45, 2.75) is 26.3 Å². The molecule has 4 aromatic rings. The Bertz CT molecular complexity index is 1250. The average molecular weight is 455 g/mol. The number of nitrogens with zero attached hydrogens (tertiary/aromatic N) is 2. The van der Waals surface area contributed by atoms with E-state index in [2.05, 4.69) is 20.2 Å². The number of amides is 1. The van der Waals surface area contributed by atoms with Gasteiger partial charge in [-0.25, -0.2) is 4.98 Å². The monoisotopic (exact) mass is 455 g/mol. The van der Waals surface area contributed by atoms with Crippen LogP contribution in [0.5, 0.6) is 0 Å². The van der Waals surface area contributed by atoms with Crippen LogP contribution in [-0.2, 0) is 17.9 Å². The first-order valence-electron chi connectivity index (χ1n) is 10.1. The van der Waals surface area contributed by atoms with Crippen LogP contribution in [0.15, 0.2) is 65.2 Å². The lowest BCUT2D eigenvalue weighted by Crippen LogP contribution is -2.23. The number of carbonyl (C=O) groups is 1. The molecular weight excluding hydrogens is 435 g/mol. The van der Waals surface area contributed by atoms with Crippen LogP contribution >= 0.6 is 0 Å².